The van der Waals surface area contributed by atoms with Gasteiger partial charge in [0.2, 0.25) is 0 Å². The molecule has 0 unspecified atom stereocenters. The summed E-state index contributed by atoms with van der Waals surface area (Å²) in [6.07, 6.45) is 1.58. The van der Waals surface area contributed by atoms with Crippen LogP contribution in [0.1, 0.15) is 16.1 Å². The number of anilines is 1. The molecule has 0 bridgehead atoms. The van der Waals surface area contributed by atoms with Crippen molar-refractivity contribution in [1.29, 1.82) is 0 Å². The number of benzene rings is 1. The highest BCUT2D eigenvalue weighted by atomic mass is 35.5. The van der Waals surface area contributed by atoms with E-state index in [1.807, 2.05) is 17.9 Å². The Bertz CT molecular complexity index is 683. The Morgan fingerprint density at radius 1 is 1.14 bits per heavy atom. The van der Waals surface area contributed by atoms with Gasteiger partial charge in [0.15, 0.2) is 0 Å². The van der Waals surface area contributed by atoms with E-state index in [0.29, 0.717) is 23.7 Å². The fraction of sp³-hybridized carbons (Fsp3) is 0.312. The van der Waals surface area contributed by atoms with Gasteiger partial charge in [-0.3, -0.25) is 4.79 Å². The number of amides is 1. The van der Waals surface area contributed by atoms with Gasteiger partial charge in [-0.2, -0.15) is 0 Å². The molecule has 2 heterocycles. The molecule has 22 heavy (non-hydrogen) atoms. The zero-order valence-corrected chi connectivity index (χ0v) is 13.1. The van der Waals surface area contributed by atoms with Crippen LogP contribution < -0.4 is 4.90 Å². The number of nitrogens with zero attached hydrogens (tertiary/aromatic N) is 4. The summed E-state index contributed by atoms with van der Waals surface area (Å²) in [4.78, 5) is 24.9. The van der Waals surface area contributed by atoms with Gasteiger partial charge in [0.25, 0.3) is 5.91 Å². The molecule has 0 atom stereocenters. The van der Waals surface area contributed by atoms with Crippen LogP contribution in [0.25, 0.3) is 0 Å². The van der Waals surface area contributed by atoms with E-state index in [-0.39, 0.29) is 5.91 Å². The largest absolute Gasteiger partial charge is 0.353 e. The van der Waals surface area contributed by atoms with E-state index >= 15 is 0 Å². The minimum absolute atomic E-state index is 0.0287. The standard InChI is InChI=1S/C16H17ClN4O/c1-12-9-15(19-11-18-12)20-5-7-21(8-6-20)16(22)13-3-2-4-14(17)10-13/h2-4,9-11H,5-8H2,1H3. The van der Waals surface area contributed by atoms with Crippen LogP contribution in [-0.4, -0.2) is 47.0 Å². The number of halogens is 1. The monoisotopic (exact) mass is 316 g/mol. The minimum atomic E-state index is 0.0287. The van der Waals surface area contributed by atoms with Crippen molar-refractivity contribution in [3.8, 4) is 0 Å². The van der Waals surface area contributed by atoms with Gasteiger partial charge in [0.05, 0.1) is 0 Å². The zero-order valence-electron chi connectivity index (χ0n) is 12.4. The number of piperazine rings is 1. The molecule has 1 amide bonds. The quantitative estimate of drug-likeness (QED) is 0.853. The van der Waals surface area contributed by atoms with E-state index in [2.05, 4.69) is 14.9 Å². The van der Waals surface area contributed by atoms with Crippen LogP contribution in [0.5, 0.6) is 0 Å². The second-order valence-corrected chi connectivity index (χ2v) is 5.74. The topological polar surface area (TPSA) is 49.3 Å². The second-order valence-electron chi connectivity index (χ2n) is 5.31. The zero-order chi connectivity index (χ0) is 15.5. The molecule has 0 aliphatic carbocycles. The number of aryl methyl sites for hydroxylation is 1. The molecule has 1 aromatic heterocycles. The summed E-state index contributed by atoms with van der Waals surface area (Å²) in [6, 6.07) is 9.05. The second kappa shape index (κ2) is 6.32. The maximum Gasteiger partial charge on any atom is 0.254 e. The SMILES string of the molecule is Cc1cc(N2CCN(C(=O)c3cccc(Cl)c3)CC2)ncn1. The molecule has 1 aromatic carbocycles. The van der Waals surface area contributed by atoms with Crippen molar-refractivity contribution in [1.82, 2.24) is 14.9 Å². The molecule has 1 aliphatic heterocycles. The predicted octanol–water partition coefficient (Wildman–Crippen LogP) is 2.40. The van der Waals surface area contributed by atoms with Gasteiger partial charge >= 0.3 is 0 Å². The molecule has 5 nitrogen and oxygen atoms in total. The lowest BCUT2D eigenvalue weighted by Gasteiger charge is -2.35. The van der Waals surface area contributed by atoms with Crippen molar-refractivity contribution in [2.75, 3.05) is 31.1 Å². The van der Waals surface area contributed by atoms with Gasteiger partial charge in [0.1, 0.15) is 12.1 Å². The number of carbonyl (C=O) groups excluding carboxylic acids is 1. The first-order valence-corrected chi connectivity index (χ1v) is 7.60. The average Bonchev–Trinajstić information content (AvgIpc) is 2.54. The average molecular weight is 317 g/mol. The van der Waals surface area contributed by atoms with Gasteiger partial charge in [-0.15, -0.1) is 0 Å². The molecule has 0 spiro atoms. The van der Waals surface area contributed by atoms with Crippen molar-refractivity contribution < 1.29 is 4.79 Å². The Morgan fingerprint density at radius 2 is 1.91 bits per heavy atom. The summed E-state index contributed by atoms with van der Waals surface area (Å²) < 4.78 is 0. The Balaban J connectivity index is 1.65. The molecule has 6 heteroatoms. The summed E-state index contributed by atoms with van der Waals surface area (Å²) in [5, 5.41) is 0.584. The maximum absolute atomic E-state index is 12.5. The van der Waals surface area contributed by atoms with Crippen molar-refractivity contribution >= 4 is 23.3 Å². The summed E-state index contributed by atoms with van der Waals surface area (Å²) >= 11 is 5.95. The smallest absolute Gasteiger partial charge is 0.254 e. The van der Waals surface area contributed by atoms with Crippen molar-refractivity contribution in [2.24, 2.45) is 0 Å². The van der Waals surface area contributed by atoms with E-state index in [0.717, 1.165) is 24.6 Å². The molecular weight excluding hydrogens is 300 g/mol. The number of rotatable bonds is 2. The highest BCUT2D eigenvalue weighted by molar-refractivity contribution is 6.30. The molecular formula is C16H17ClN4O. The van der Waals surface area contributed by atoms with Crippen molar-refractivity contribution in [2.45, 2.75) is 6.92 Å². The van der Waals surface area contributed by atoms with Crippen LogP contribution >= 0.6 is 11.6 Å². The summed E-state index contributed by atoms with van der Waals surface area (Å²) in [5.74, 6) is 0.948. The predicted molar refractivity (Wildman–Crippen MR) is 86.3 cm³/mol. The molecule has 0 radical (unpaired) electrons. The van der Waals surface area contributed by atoms with Crippen LogP contribution in [0.2, 0.25) is 5.02 Å². The fourth-order valence-corrected chi connectivity index (χ4v) is 2.75. The Morgan fingerprint density at radius 3 is 2.59 bits per heavy atom. The number of aromatic nitrogens is 2. The summed E-state index contributed by atoms with van der Waals surface area (Å²) in [5.41, 5.74) is 1.58. The third-order valence-corrected chi connectivity index (χ3v) is 3.99. The van der Waals surface area contributed by atoms with Gasteiger partial charge in [-0.05, 0) is 25.1 Å². The number of hydrogen-bond donors (Lipinski definition) is 0. The summed E-state index contributed by atoms with van der Waals surface area (Å²) in [6.45, 7) is 4.83. The molecule has 1 saturated heterocycles. The normalized spacial score (nSPS) is 15.0. The summed E-state index contributed by atoms with van der Waals surface area (Å²) in [7, 11) is 0. The molecule has 1 fully saturated rings. The van der Waals surface area contributed by atoms with E-state index in [1.54, 1.807) is 30.6 Å². The maximum atomic E-state index is 12.5. The lowest BCUT2D eigenvalue weighted by molar-refractivity contribution is 0.0746. The molecule has 1 aliphatic rings. The Kier molecular flexibility index (Phi) is 4.24. The van der Waals surface area contributed by atoms with Gasteiger partial charge in [0, 0.05) is 48.5 Å². The number of hydrogen-bond acceptors (Lipinski definition) is 4. The lowest BCUT2D eigenvalue weighted by Crippen LogP contribution is -2.49. The van der Waals surface area contributed by atoms with Gasteiger partial charge < -0.3 is 9.80 Å². The Labute approximate surface area is 134 Å². The number of carbonyl (C=O) groups is 1. The van der Waals surface area contributed by atoms with Gasteiger partial charge in [-0.1, -0.05) is 17.7 Å². The fourth-order valence-electron chi connectivity index (χ4n) is 2.56. The first-order chi connectivity index (χ1) is 10.6. The molecule has 114 valence electrons. The van der Waals surface area contributed by atoms with Crippen LogP contribution in [0.4, 0.5) is 5.82 Å². The van der Waals surface area contributed by atoms with Crippen molar-refractivity contribution in [3.05, 3.63) is 52.9 Å². The molecule has 3 rings (SSSR count). The highest BCUT2D eigenvalue weighted by Crippen LogP contribution is 2.17. The van der Waals surface area contributed by atoms with E-state index in [4.69, 9.17) is 11.6 Å². The van der Waals surface area contributed by atoms with Gasteiger partial charge in [-0.25, -0.2) is 9.97 Å². The van der Waals surface area contributed by atoms with Crippen molar-refractivity contribution in [3.63, 3.8) is 0 Å². The Hall–Kier alpha value is -2.14. The molecule has 0 N–H and O–H groups in total. The third kappa shape index (κ3) is 3.20. The highest BCUT2D eigenvalue weighted by Gasteiger charge is 2.23. The molecule has 2 aromatic rings. The minimum Gasteiger partial charge on any atom is -0.353 e. The van der Waals surface area contributed by atoms with Crippen LogP contribution in [0.15, 0.2) is 36.7 Å². The molecule has 0 saturated carbocycles. The third-order valence-electron chi connectivity index (χ3n) is 3.75. The lowest BCUT2D eigenvalue weighted by atomic mass is 10.2. The van der Waals surface area contributed by atoms with Crippen LogP contribution in [-0.2, 0) is 0 Å². The van der Waals surface area contributed by atoms with E-state index in [1.165, 1.54) is 0 Å². The van der Waals surface area contributed by atoms with Crippen LogP contribution in [0.3, 0.4) is 0 Å². The van der Waals surface area contributed by atoms with Crippen LogP contribution in [0, 0.1) is 6.92 Å². The first-order valence-electron chi connectivity index (χ1n) is 7.22. The first kappa shape index (κ1) is 14.8. The van der Waals surface area contributed by atoms with E-state index < -0.39 is 0 Å². The van der Waals surface area contributed by atoms with E-state index in [9.17, 15) is 4.79 Å².